The molecule has 1 fully saturated rings. The van der Waals surface area contributed by atoms with Gasteiger partial charge < -0.3 is 4.42 Å². The topological polar surface area (TPSA) is 87.9 Å². The Bertz CT molecular complexity index is 1250. The number of imide groups is 2. The summed E-state index contributed by atoms with van der Waals surface area (Å²) >= 11 is 0. The van der Waals surface area contributed by atoms with Crippen molar-refractivity contribution < 1.29 is 18.8 Å². The smallest absolute Gasteiger partial charge is 0.336 e. The molecule has 30 heavy (non-hydrogen) atoms. The lowest BCUT2D eigenvalue weighted by Gasteiger charge is -2.22. The highest BCUT2D eigenvalue weighted by molar-refractivity contribution is 6.44. The molecule has 152 valence electrons. The van der Waals surface area contributed by atoms with Crippen molar-refractivity contribution in [2.24, 2.45) is 0 Å². The van der Waals surface area contributed by atoms with Crippen LogP contribution >= 0.6 is 0 Å². The number of carbonyl (C=O) groups is 3. The van der Waals surface area contributed by atoms with Crippen LogP contribution < -0.4 is 5.63 Å². The van der Waals surface area contributed by atoms with Gasteiger partial charge in [0.15, 0.2) is 0 Å². The molecule has 0 radical (unpaired) electrons. The van der Waals surface area contributed by atoms with Crippen LogP contribution in [0.2, 0.25) is 0 Å². The highest BCUT2D eigenvalue weighted by Crippen LogP contribution is 2.29. The SMILES string of the molecule is Cc1cc2oc(=O)cc(CN3C(=O)C(=O)N(C(C)c4ccccc4)C3=O)c2cc1C. The number of hydrogen-bond donors (Lipinski definition) is 0. The van der Waals surface area contributed by atoms with Gasteiger partial charge in [-0.3, -0.25) is 14.5 Å². The van der Waals surface area contributed by atoms with E-state index >= 15 is 0 Å². The van der Waals surface area contributed by atoms with Gasteiger partial charge in [-0.1, -0.05) is 30.3 Å². The predicted molar refractivity (Wildman–Crippen MR) is 110 cm³/mol. The zero-order valence-corrected chi connectivity index (χ0v) is 16.8. The second kappa shape index (κ2) is 7.26. The molecule has 7 nitrogen and oxygen atoms in total. The third kappa shape index (κ3) is 3.18. The van der Waals surface area contributed by atoms with Crippen molar-refractivity contribution in [3.8, 4) is 0 Å². The van der Waals surface area contributed by atoms with E-state index in [1.807, 2.05) is 26.0 Å². The molecule has 0 aliphatic carbocycles. The van der Waals surface area contributed by atoms with Gasteiger partial charge in [-0.05, 0) is 55.2 Å². The number of hydrogen-bond acceptors (Lipinski definition) is 5. The zero-order chi connectivity index (χ0) is 21.6. The minimum Gasteiger partial charge on any atom is -0.423 e. The standard InChI is InChI=1S/C23H20N2O5/c1-13-9-18-17(11-20(26)30-19(18)10-14(13)2)12-24-21(27)22(28)25(23(24)29)15(3)16-7-5-4-6-8-16/h4-11,15H,12H2,1-3H3. The fraction of sp³-hybridized carbons (Fsp3) is 0.217. The van der Waals surface area contributed by atoms with Crippen LogP contribution in [0, 0.1) is 13.8 Å². The lowest BCUT2D eigenvalue weighted by molar-refractivity contribution is -0.144. The summed E-state index contributed by atoms with van der Waals surface area (Å²) in [6.07, 6.45) is 0. The van der Waals surface area contributed by atoms with Crippen molar-refractivity contribution in [3.05, 3.63) is 81.2 Å². The van der Waals surface area contributed by atoms with E-state index in [1.54, 1.807) is 37.3 Å². The Labute approximate surface area is 172 Å². The molecule has 1 unspecified atom stereocenters. The van der Waals surface area contributed by atoms with E-state index in [0.717, 1.165) is 26.5 Å². The van der Waals surface area contributed by atoms with Crippen LogP contribution in [0.1, 0.15) is 35.2 Å². The number of nitrogens with zero attached hydrogens (tertiary/aromatic N) is 2. The first-order chi connectivity index (χ1) is 14.3. The second-order valence-electron chi connectivity index (χ2n) is 7.46. The summed E-state index contributed by atoms with van der Waals surface area (Å²) in [6.45, 7) is 5.33. The molecule has 0 spiro atoms. The Hall–Kier alpha value is -3.74. The number of rotatable bonds is 4. The van der Waals surface area contributed by atoms with E-state index in [2.05, 4.69) is 0 Å². The number of urea groups is 1. The number of amides is 4. The van der Waals surface area contributed by atoms with Gasteiger partial charge in [0.05, 0.1) is 12.6 Å². The number of aryl methyl sites for hydroxylation is 2. The Morgan fingerprint density at radius 2 is 1.57 bits per heavy atom. The Morgan fingerprint density at radius 1 is 0.900 bits per heavy atom. The van der Waals surface area contributed by atoms with Gasteiger partial charge in [0, 0.05) is 11.5 Å². The highest BCUT2D eigenvalue weighted by Gasteiger charge is 2.47. The van der Waals surface area contributed by atoms with E-state index in [0.29, 0.717) is 16.5 Å². The molecule has 0 bridgehead atoms. The first kappa shape index (κ1) is 19.6. The molecule has 2 heterocycles. The number of fused-ring (bicyclic) bond motifs is 1. The minimum atomic E-state index is -0.909. The van der Waals surface area contributed by atoms with Gasteiger partial charge in [0.2, 0.25) is 0 Å². The summed E-state index contributed by atoms with van der Waals surface area (Å²) in [5.41, 5.74) is 2.92. The van der Waals surface area contributed by atoms with Crippen LogP contribution in [-0.2, 0) is 16.1 Å². The second-order valence-corrected chi connectivity index (χ2v) is 7.46. The van der Waals surface area contributed by atoms with Crippen molar-refractivity contribution in [3.63, 3.8) is 0 Å². The quantitative estimate of drug-likeness (QED) is 0.377. The predicted octanol–water partition coefficient (Wildman–Crippen LogP) is 3.46. The van der Waals surface area contributed by atoms with Crippen molar-refractivity contribution in [2.75, 3.05) is 0 Å². The van der Waals surface area contributed by atoms with E-state index in [1.165, 1.54) is 6.07 Å². The van der Waals surface area contributed by atoms with E-state index in [9.17, 15) is 19.2 Å². The Kier molecular flexibility index (Phi) is 4.73. The molecule has 7 heteroatoms. The van der Waals surface area contributed by atoms with Crippen LogP contribution in [0.15, 0.2) is 57.7 Å². The maximum Gasteiger partial charge on any atom is 0.336 e. The van der Waals surface area contributed by atoms with Crippen molar-refractivity contribution in [2.45, 2.75) is 33.4 Å². The molecule has 1 aliphatic heterocycles. The number of carbonyl (C=O) groups excluding carboxylic acids is 3. The molecule has 0 N–H and O–H groups in total. The first-order valence-electron chi connectivity index (χ1n) is 9.56. The molecule has 1 atom stereocenters. The van der Waals surface area contributed by atoms with Crippen molar-refractivity contribution in [1.29, 1.82) is 0 Å². The van der Waals surface area contributed by atoms with Gasteiger partial charge in [0.25, 0.3) is 0 Å². The fourth-order valence-electron chi connectivity index (χ4n) is 3.67. The van der Waals surface area contributed by atoms with Crippen molar-refractivity contribution >= 4 is 28.8 Å². The average Bonchev–Trinajstić information content (AvgIpc) is 2.93. The minimum absolute atomic E-state index is 0.188. The fourth-order valence-corrected chi connectivity index (χ4v) is 3.67. The van der Waals surface area contributed by atoms with E-state index in [4.69, 9.17) is 4.42 Å². The lowest BCUT2D eigenvalue weighted by atomic mass is 10.0. The maximum atomic E-state index is 13.0. The molecule has 1 saturated heterocycles. The average molecular weight is 404 g/mol. The molecule has 1 aliphatic rings. The lowest BCUT2D eigenvalue weighted by Crippen LogP contribution is -2.35. The summed E-state index contributed by atoms with van der Waals surface area (Å²) in [4.78, 5) is 52.1. The molecular formula is C23H20N2O5. The molecule has 4 amide bonds. The van der Waals surface area contributed by atoms with Crippen LogP contribution in [-0.4, -0.2) is 27.6 Å². The molecule has 4 rings (SSSR count). The zero-order valence-electron chi connectivity index (χ0n) is 16.8. The normalized spacial score (nSPS) is 15.4. The van der Waals surface area contributed by atoms with Gasteiger partial charge >= 0.3 is 23.5 Å². The first-order valence-corrected chi connectivity index (χ1v) is 9.56. The van der Waals surface area contributed by atoms with Crippen LogP contribution in [0.25, 0.3) is 11.0 Å². The summed E-state index contributed by atoms with van der Waals surface area (Å²) < 4.78 is 5.27. The van der Waals surface area contributed by atoms with Crippen LogP contribution in [0.3, 0.4) is 0 Å². The van der Waals surface area contributed by atoms with E-state index in [-0.39, 0.29) is 6.54 Å². The Balaban J connectivity index is 1.71. The molecule has 3 aromatic rings. The third-order valence-electron chi connectivity index (χ3n) is 5.53. The van der Waals surface area contributed by atoms with E-state index < -0.39 is 29.5 Å². The maximum absolute atomic E-state index is 13.0. The van der Waals surface area contributed by atoms with Gasteiger partial charge in [-0.2, -0.15) is 0 Å². The van der Waals surface area contributed by atoms with Gasteiger partial charge in [-0.15, -0.1) is 0 Å². The summed E-state index contributed by atoms with van der Waals surface area (Å²) in [5, 5.41) is 0.625. The molecule has 2 aromatic carbocycles. The van der Waals surface area contributed by atoms with Crippen LogP contribution in [0.4, 0.5) is 4.79 Å². The Morgan fingerprint density at radius 3 is 2.27 bits per heavy atom. The monoisotopic (exact) mass is 404 g/mol. The number of benzene rings is 2. The largest absolute Gasteiger partial charge is 0.423 e. The summed E-state index contributed by atoms with van der Waals surface area (Å²) in [5.74, 6) is -1.79. The van der Waals surface area contributed by atoms with Gasteiger partial charge in [0.1, 0.15) is 5.58 Å². The van der Waals surface area contributed by atoms with Crippen LogP contribution in [0.5, 0.6) is 0 Å². The summed E-state index contributed by atoms with van der Waals surface area (Å²) in [6, 6.07) is 12.6. The highest BCUT2D eigenvalue weighted by atomic mass is 16.4. The molecule has 0 saturated carbocycles. The van der Waals surface area contributed by atoms with Gasteiger partial charge in [-0.25, -0.2) is 14.5 Å². The third-order valence-corrected chi connectivity index (χ3v) is 5.53. The molecular weight excluding hydrogens is 384 g/mol. The summed E-state index contributed by atoms with van der Waals surface area (Å²) in [7, 11) is 0. The molecule has 1 aromatic heterocycles. The van der Waals surface area contributed by atoms with Crippen molar-refractivity contribution in [1.82, 2.24) is 9.80 Å².